The highest BCUT2D eigenvalue weighted by Crippen LogP contribution is 2.36. The third-order valence-corrected chi connectivity index (χ3v) is 5.33. The van der Waals surface area contributed by atoms with E-state index in [2.05, 4.69) is 4.84 Å². The molecule has 0 spiro atoms. The number of esters is 1. The molecule has 184 valence electrons. The van der Waals surface area contributed by atoms with E-state index in [-0.39, 0.29) is 59.2 Å². The first kappa shape index (κ1) is 29.0. The van der Waals surface area contributed by atoms with Crippen LogP contribution in [-0.4, -0.2) is 83.6 Å². The topological polar surface area (TPSA) is 125 Å². The van der Waals surface area contributed by atoms with E-state index >= 15 is 0 Å². The summed E-state index contributed by atoms with van der Waals surface area (Å²) >= 11 is 0. The molecular formula is C20H31NO10Si2. The molecule has 0 amide bonds. The molecule has 0 atom stereocenters. The number of carbonyl (C=O) groups excluding carboxylic acids is 1. The smallest absolute Gasteiger partial charge is 0.338 e. The average Bonchev–Trinajstić information content (AvgIpc) is 2.79. The Balaban J connectivity index is 2.54. The van der Waals surface area contributed by atoms with Crippen LogP contribution in [0.3, 0.4) is 0 Å². The summed E-state index contributed by atoms with van der Waals surface area (Å²) in [7, 11) is 2.08. The van der Waals surface area contributed by atoms with Gasteiger partial charge in [0.05, 0.1) is 39.1 Å². The second kappa shape index (κ2) is 15.7. The summed E-state index contributed by atoms with van der Waals surface area (Å²) in [6.07, 6.45) is -0.447. The van der Waals surface area contributed by atoms with E-state index in [0.717, 1.165) is 5.56 Å². The minimum atomic E-state index is -0.878. The first-order valence-electron chi connectivity index (χ1n) is 10.2. The van der Waals surface area contributed by atoms with Crippen LogP contribution in [0.15, 0.2) is 18.2 Å². The Hall–Kier alpha value is -2.04. The van der Waals surface area contributed by atoms with Gasteiger partial charge in [0.25, 0.3) is 5.09 Å². The average molecular weight is 502 g/mol. The molecule has 0 unspecified atom stereocenters. The van der Waals surface area contributed by atoms with Crippen molar-refractivity contribution in [2.45, 2.75) is 38.6 Å². The normalized spacial score (nSPS) is 11.5. The van der Waals surface area contributed by atoms with Gasteiger partial charge in [0.1, 0.15) is 25.3 Å². The minimum Gasteiger partial charge on any atom is -0.496 e. The molecule has 0 aromatic heterocycles. The van der Waals surface area contributed by atoms with Gasteiger partial charge in [-0.05, 0) is 25.2 Å². The predicted molar refractivity (Wildman–Crippen MR) is 120 cm³/mol. The van der Waals surface area contributed by atoms with Crippen molar-refractivity contribution in [3.63, 3.8) is 0 Å². The molecule has 0 saturated carbocycles. The molecule has 0 saturated heterocycles. The number of ether oxygens (including phenoxy) is 4. The highest BCUT2D eigenvalue weighted by atomic mass is 28.2. The molecule has 33 heavy (non-hydrogen) atoms. The summed E-state index contributed by atoms with van der Waals surface area (Å²) in [4.78, 5) is 26.5. The van der Waals surface area contributed by atoms with Crippen molar-refractivity contribution < 1.29 is 42.5 Å². The van der Waals surface area contributed by atoms with E-state index in [1.54, 1.807) is 19.2 Å². The Kier molecular flexibility index (Phi) is 13.8. The molecule has 0 aliphatic heterocycles. The van der Waals surface area contributed by atoms with Crippen LogP contribution in [0.5, 0.6) is 5.75 Å². The first-order valence-corrected chi connectivity index (χ1v) is 13.0. The van der Waals surface area contributed by atoms with E-state index in [9.17, 15) is 14.9 Å². The van der Waals surface area contributed by atoms with E-state index < -0.39 is 22.8 Å². The second-order valence-corrected chi connectivity index (χ2v) is 8.32. The monoisotopic (exact) mass is 501 g/mol. The largest absolute Gasteiger partial charge is 0.496 e. The number of rotatable bonds is 18. The summed E-state index contributed by atoms with van der Waals surface area (Å²) < 4.78 is 32.8. The zero-order valence-electron chi connectivity index (χ0n) is 19.6. The molecule has 0 fully saturated rings. The van der Waals surface area contributed by atoms with Gasteiger partial charge in [-0.3, -0.25) is 0 Å². The van der Waals surface area contributed by atoms with Gasteiger partial charge in [-0.1, -0.05) is 19.9 Å². The van der Waals surface area contributed by atoms with Gasteiger partial charge in [-0.2, -0.15) is 0 Å². The quantitative estimate of drug-likeness (QED) is 0.0737. The molecule has 11 nitrogen and oxygen atoms in total. The van der Waals surface area contributed by atoms with Crippen LogP contribution >= 0.6 is 0 Å². The molecule has 1 rings (SSSR count). The lowest BCUT2D eigenvalue weighted by Gasteiger charge is -2.35. The van der Waals surface area contributed by atoms with Gasteiger partial charge in [-0.25, -0.2) is 4.79 Å². The highest BCUT2D eigenvalue weighted by Gasteiger charge is 2.35. The molecule has 1 aromatic carbocycles. The SMILES string of the molecule is COc1cc(C(=O)OCCOCCOCCO[N+](=O)[O-])ccc1C(C)(C)C(O[Si]C)O[Si]C. The Morgan fingerprint density at radius 1 is 1.03 bits per heavy atom. The number of hydrogen-bond acceptors (Lipinski definition) is 10. The Bertz CT molecular complexity index is 729. The molecule has 0 heterocycles. The fraction of sp³-hybridized carbons (Fsp3) is 0.650. The van der Waals surface area contributed by atoms with Crippen LogP contribution < -0.4 is 4.74 Å². The fourth-order valence-electron chi connectivity index (χ4n) is 2.78. The van der Waals surface area contributed by atoms with Crippen molar-refractivity contribution in [3.8, 4) is 5.75 Å². The van der Waals surface area contributed by atoms with Gasteiger partial charge in [0, 0.05) is 11.0 Å². The summed E-state index contributed by atoms with van der Waals surface area (Å²) in [5, 5.41) is 9.10. The van der Waals surface area contributed by atoms with Crippen LogP contribution in [0, 0.1) is 10.1 Å². The maximum absolute atomic E-state index is 12.4. The standard InChI is InChI=1S/C20H31NO10Si2/c1-20(2,19(30-32-4)31-33-5)16-7-6-15(14-17(16)25-3)18(22)28-12-10-26-8-9-27-11-13-29-21(23)24/h6-7,14,19H,8-13H2,1-5H3. The highest BCUT2D eigenvalue weighted by molar-refractivity contribution is 6.26. The third-order valence-electron chi connectivity index (χ3n) is 4.43. The number of methoxy groups -OCH3 is 1. The molecule has 0 aliphatic rings. The van der Waals surface area contributed by atoms with Crippen molar-refractivity contribution >= 4 is 25.5 Å². The first-order chi connectivity index (χ1) is 15.8. The summed E-state index contributed by atoms with van der Waals surface area (Å²) in [5.41, 5.74) is 0.703. The lowest BCUT2D eigenvalue weighted by atomic mass is 9.83. The van der Waals surface area contributed by atoms with E-state index in [1.807, 2.05) is 33.0 Å². The van der Waals surface area contributed by atoms with Crippen molar-refractivity contribution in [1.82, 2.24) is 0 Å². The molecular weight excluding hydrogens is 470 g/mol. The summed E-state index contributed by atoms with van der Waals surface area (Å²) in [6.45, 7) is 8.60. The maximum Gasteiger partial charge on any atom is 0.338 e. The number of carbonyl (C=O) groups is 1. The number of hydrogen-bond donors (Lipinski definition) is 0. The van der Waals surface area contributed by atoms with Gasteiger partial charge in [0.2, 0.25) is 19.5 Å². The van der Waals surface area contributed by atoms with Gasteiger partial charge >= 0.3 is 5.97 Å². The van der Waals surface area contributed by atoms with Crippen LogP contribution in [0.1, 0.15) is 29.8 Å². The molecule has 4 radical (unpaired) electrons. The lowest BCUT2D eigenvalue weighted by molar-refractivity contribution is -0.758. The van der Waals surface area contributed by atoms with Crippen LogP contribution in [0.2, 0.25) is 13.1 Å². The lowest BCUT2D eigenvalue weighted by Crippen LogP contribution is -2.39. The van der Waals surface area contributed by atoms with Crippen LogP contribution in [0.25, 0.3) is 0 Å². The van der Waals surface area contributed by atoms with E-state index in [0.29, 0.717) is 11.3 Å². The zero-order valence-corrected chi connectivity index (χ0v) is 21.6. The van der Waals surface area contributed by atoms with E-state index in [1.165, 1.54) is 0 Å². The van der Waals surface area contributed by atoms with Crippen molar-refractivity contribution in [2.24, 2.45) is 0 Å². The second-order valence-electron chi connectivity index (χ2n) is 7.03. The Labute approximate surface area is 198 Å². The van der Waals surface area contributed by atoms with Gasteiger partial charge < -0.3 is 32.6 Å². The Morgan fingerprint density at radius 2 is 1.61 bits per heavy atom. The van der Waals surface area contributed by atoms with Crippen molar-refractivity contribution in [2.75, 3.05) is 46.8 Å². The minimum absolute atomic E-state index is 0.0669. The molecule has 0 aliphatic carbocycles. The molecule has 0 N–H and O–H groups in total. The molecule has 1 aromatic rings. The predicted octanol–water partition coefficient (Wildman–Crippen LogP) is 2.06. The summed E-state index contributed by atoms with van der Waals surface area (Å²) in [5.74, 6) is 0.0449. The van der Waals surface area contributed by atoms with Crippen molar-refractivity contribution in [3.05, 3.63) is 39.4 Å². The zero-order chi connectivity index (χ0) is 24.7. The summed E-state index contributed by atoms with van der Waals surface area (Å²) in [6, 6.07) is 5.15. The fourth-order valence-corrected chi connectivity index (χ4v) is 3.99. The Morgan fingerprint density at radius 3 is 2.15 bits per heavy atom. The number of nitrogens with zero attached hydrogens (tertiary/aromatic N) is 1. The maximum atomic E-state index is 12.4. The number of benzene rings is 1. The molecule has 13 heteroatoms. The molecule has 0 bridgehead atoms. The van der Waals surface area contributed by atoms with Crippen LogP contribution in [-0.2, 0) is 33.3 Å². The van der Waals surface area contributed by atoms with Crippen molar-refractivity contribution in [1.29, 1.82) is 0 Å². The van der Waals surface area contributed by atoms with Crippen LogP contribution in [0.4, 0.5) is 0 Å². The third kappa shape index (κ3) is 10.2. The van der Waals surface area contributed by atoms with Gasteiger partial charge in [-0.15, -0.1) is 10.1 Å². The van der Waals surface area contributed by atoms with Gasteiger partial charge in [0.15, 0.2) is 0 Å². The van der Waals surface area contributed by atoms with E-state index in [4.69, 9.17) is 27.8 Å².